The molecule has 1 N–H and O–H groups in total. The molecule has 0 bridgehead atoms. The first-order valence-electron chi connectivity index (χ1n) is 5.43. The largest absolute Gasteiger partial charge is 0.495 e. The second-order valence-electron chi connectivity index (χ2n) is 3.66. The van der Waals surface area contributed by atoms with E-state index in [2.05, 4.69) is 20.5 Å². The number of nitrogens with zero attached hydrogens (tertiary/aromatic N) is 4. The number of benzene rings is 1. The number of hydrogen-bond acceptors (Lipinski definition) is 5. The van der Waals surface area contributed by atoms with E-state index in [9.17, 15) is 0 Å². The van der Waals surface area contributed by atoms with Crippen molar-refractivity contribution in [1.29, 1.82) is 0 Å². The zero-order valence-corrected chi connectivity index (χ0v) is 9.74. The van der Waals surface area contributed by atoms with Crippen LogP contribution in [-0.4, -0.2) is 26.7 Å². The number of ether oxygens (including phenoxy) is 1. The molecule has 3 aromatic rings. The summed E-state index contributed by atoms with van der Waals surface area (Å²) in [7, 11) is 1.63. The fourth-order valence-corrected chi connectivity index (χ4v) is 1.72. The molecule has 0 aliphatic rings. The number of hydrogen-bond donors (Lipinski definition) is 1. The maximum atomic E-state index is 5.28. The second-order valence-corrected chi connectivity index (χ2v) is 3.66. The van der Waals surface area contributed by atoms with Gasteiger partial charge in [-0.3, -0.25) is 4.40 Å². The lowest BCUT2D eigenvalue weighted by Crippen LogP contribution is -1.99. The number of nitrogens with one attached hydrogen (secondary N) is 1. The van der Waals surface area contributed by atoms with Crippen LogP contribution in [0.5, 0.6) is 5.75 Å². The van der Waals surface area contributed by atoms with E-state index in [4.69, 9.17) is 4.74 Å². The van der Waals surface area contributed by atoms with Crippen molar-refractivity contribution < 1.29 is 4.74 Å². The molecule has 6 heteroatoms. The van der Waals surface area contributed by atoms with Crippen LogP contribution >= 0.6 is 0 Å². The summed E-state index contributed by atoms with van der Waals surface area (Å²) < 4.78 is 7.07. The molecule has 0 radical (unpaired) electrons. The fourth-order valence-electron chi connectivity index (χ4n) is 1.72. The Bertz CT molecular complexity index is 679. The molecule has 0 saturated heterocycles. The number of para-hydroxylation sites is 2. The van der Waals surface area contributed by atoms with E-state index >= 15 is 0 Å². The summed E-state index contributed by atoms with van der Waals surface area (Å²) in [6, 6.07) is 7.64. The van der Waals surface area contributed by atoms with E-state index in [1.807, 2.05) is 24.3 Å². The first kappa shape index (κ1) is 10.5. The minimum Gasteiger partial charge on any atom is -0.495 e. The van der Waals surface area contributed by atoms with E-state index in [0.717, 1.165) is 11.4 Å². The molecule has 18 heavy (non-hydrogen) atoms. The highest BCUT2D eigenvalue weighted by Crippen LogP contribution is 2.27. The van der Waals surface area contributed by atoms with Crippen molar-refractivity contribution in [3.05, 3.63) is 43.0 Å². The molecule has 2 aromatic heterocycles. The van der Waals surface area contributed by atoms with Crippen LogP contribution in [0.2, 0.25) is 0 Å². The molecule has 0 aliphatic carbocycles. The highest BCUT2D eigenvalue weighted by Gasteiger charge is 2.07. The predicted molar refractivity (Wildman–Crippen MR) is 67.1 cm³/mol. The van der Waals surface area contributed by atoms with Crippen molar-refractivity contribution in [3.8, 4) is 5.75 Å². The third-order valence-corrected chi connectivity index (χ3v) is 2.58. The van der Waals surface area contributed by atoms with Crippen LogP contribution in [-0.2, 0) is 0 Å². The third-order valence-electron chi connectivity index (χ3n) is 2.58. The quantitative estimate of drug-likeness (QED) is 0.758. The number of rotatable bonds is 3. The van der Waals surface area contributed by atoms with Crippen molar-refractivity contribution in [2.75, 3.05) is 12.4 Å². The van der Waals surface area contributed by atoms with Gasteiger partial charge in [-0.05, 0) is 12.1 Å². The average Bonchev–Trinajstić information content (AvgIpc) is 2.89. The summed E-state index contributed by atoms with van der Waals surface area (Å²) in [5.74, 6) is 1.39. The van der Waals surface area contributed by atoms with Gasteiger partial charge in [0.2, 0.25) is 5.65 Å². The summed E-state index contributed by atoms with van der Waals surface area (Å²) in [6.07, 6.45) is 5.11. The molecule has 3 rings (SSSR count). The minimum atomic E-state index is 0.638. The highest BCUT2D eigenvalue weighted by atomic mass is 16.5. The van der Waals surface area contributed by atoms with Crippen molar-refractivity contribution in [3.63, 3.8) is 0 Å². The van der Waals surface area contributed by atoms with Gasteiger partial charge in [-0.25, -0.2) is 4.98 Å². The van der Waals surface area contributed by atoms with Crippen LogP contribution in [0.1, 0.15) is 0 Å². The van der Waals surface area contributed by atoms with E-state index in [0.29, 0.717) is 11.5 Å². The normalized spacial score (nSPS) is 10.5. The van der Waals surface area contributed by atoms with Gasteiger partial charge in [-0.15, -0.1) is 10.2 Å². The van der Waals surface area contributed by atoms with Gasteiger partial charge in [0.25, 0.3) is 0 Å². The van der Waals surface area contributed by atoms with Gasteiger partial charge in [0.05, 0.1) is 12.8 Å². The predicted octanol–water partition coefficient (Wildman–Crippen LogP) is 1.88. The first-order valence-corrected chi connectivity index (χ1v) is 5.43. The van der Waals surface area contributed by atoms with Crippen molar-refractivity contribution in [2.45, 2.75) is 0 Å². The molecule has 1 aromatic carbocycles. The molecule has 0 spiro atoms. The number of anilines is 2. The standard InChI is InChI=1S/C12H11N5O/c1-18-10-5-3-2-4-9(10)15-11-12-16-14-8-17(12)7-6-13-11/h2-8H,1H3,(H,13,15). The zero-order chi connectivity index (χ0) is 12.4. The van der Waals surface area contributed by atoms with E-state index in [-0.39, 0.29) is 0 Å². The molecule has 0 saturated carbocycles. The number of aromatic nitrogens is 4. The third kappa shape index (κ3) is 1.73. The fraction of sp³-hybridized carbons (Fsp3) is 0.0833. The number of fused-ring (bicyclic) bond motifs is 1. The molecule has 90 valence electrons. The van der Waals surface area contributed by atoms with Gasteiger partial charge < -0.3 is 10.1 Å². The Labute approximate surface area is 103 Å². The van der Waals surface area contributed by atoms with Crippen LogP contribution < -0.4 is 10.1 Å². The van der Waals surface area contributed by atoms with E-state index in [1.165, 1.54) is 0 Å². The highest BCUT2D eigenvalue weighted by molar-refractivity contribution is 5.72. The lowest BCUT2D eigenvalue weighted by Gasteiger charge is -2.10. The SMILES string of the molecule is COc1ccccc1Nc1nccn2cnnc12. The molecule has 0 amide bonds. The molecule has 2 heterocycles. The Kier molecular flexibility index (Phi) is 2.53. The van der Waals surface area contributed by atoms with E-state index in [1.54, 1.807) is 30.2 Å². The molecule has 0 aliphatic heterocycles. The van der Waals surface area contributed by atoms with E-state index < -0.39 is 0 Å². The summed E-state index contributed by atoms with van der Waals surface area (Å²) in [5, 5.41) is 11.1. The summed E-state index contributed by atoms with van der Waals surface area (Å²) >= 11 is 0. The zero-order valence-electron chi connectivity index (χ0n) is 9.74. The van der Waals surface area contributed by atoms with Gasteiger partial charge in [0.15, 0.2) is 5.82 Å². The summed E-state index contributed by atoms with van der Waals surface area (Å²) in [5.41, 5.74) is 1.51. The van der Waals surface area contributed by atoms with Crippen molar-refractivity contribution >= 4 is 17.2 Å². The van der Waals surface area contributed by atoms with Crippen LogP contribution in [0.3, 0.4) is 0 Å². The molecule has 0 fully saturated rings. The number of methoxy groups -OCH3 is 1. The Morgan fingerprint density at radius 3 is 3.06 bits per heavy atom. The summed E-state index contributed by atoms with van der Waals surface area (Å²) in [4.78, 5) is 4.26. The van der Waals surface area contributed by atoms with Gasteiger partial charge >= 0.3 is 0 Å². The van der Waals surface area contributed by atoms with Gasteiger partial charge in [0, 0.05) is 12.4 Å². The van der Waals surface area contributed by atoms with Crippen LogP contribution in [0.4, 0.5) is 11.5 Å². The summed E-state index contributed by atoms with van der Waals surface area (Å²) in [6.45, 7) is 0. The molecular weight excluding hydrogens is 230 g/mol. The lowest BCUT2D eigenvalue weighted by molar-refractivity contribution is 0.417. The minimum absolute atomic E-state index is 0.638. The Hall–Kier alpha value is -2.63. The maximum Gasteiger partial charge on any atom is 0.203 e. The van der Waals surface area contributed by atoms with Crippen molar-refractivity contribution in [1.82, 2.24) is 19.6 Å². The van der Waals surface area contributed by atoms with Crippen molar-refractivity contribution in [2.24, 2.45) is 0 Å². The maximum absolute atomic E-state index is 5.28. The average molecular weight is 241 g/mol. The molecule has 6 nitrogen and oxygen atoms in total. The van der Waals surface area contributed by atoms with Crippen LogP contribution in [0, 0.1) is 0 Å². The van der Waals surface area contributed by atoms with Crippen LogP contribution in [0.25, 0.3) is 5.65 Å². The smallest absolute Gasteiger partial charge is 0.203 e. The van der Waals surface area contributed by atoms with Gasteiger partial charge in [0.1, 0.15) is 12.1 Å². The van der Waals surface area contributed by atoms with Gasteiger partial charge in [-0.2, -0.15) is 0 Å². The van der Waals surface area contributed by atoms with Gasteiger partial charge in [-0.1, -0.05) is 12.1 Å². The Morgan fingerprint density at radius 2 is 2.17 bits per heavy atom. The Morgan fingerprint density at radius 1 is 1.28 bits per heavy atom. The van der Waals surface area contributed by atoms with Crippen LogP contribution in [0.15, 0.2) is 43.0 Å². The molecule has 0 atom stereocenters. The first-order chi connectivity index (χ1) is 8.88. The second kappa shape index (κ2) is 4.33. The molecule has 0 unspecified atom stereocenters. The topological polar surface area (TPSA) is 64.3 Å². The Balaban J connectivity index is 2.04. The monoisotopic (exact) mass is 241 g/mol. The lowest BCUT2D eigenvalue weighted by atomic mass is 10.3. The molecular formula is C12H11N5O.